The molecule has 0 radical (unpaired) electrons. The van der Waals surface area contributed by atoms with Gasteiger partial charge < -0.3 is 4.74 Å². The molecule has 5 nitrogen and oxygen atoms in total. The monoisotopic (exact) mass is 321 g/mol. The molecule has 0 aromatic heterocycles. The molecule has 0 bridgehead atoms. The first-order valence-electron chi connectivity index (χ1n) is 6.68. The topological polar surface area (TPSA) is 63.7 Å². The summed E-state index contributed by atoms with van der Waals surface area (Å²) in [7, 11) is -3.78. The number of aryl methyl sites for hydroxylation is 1. The number of sulfonamides is 1. The fourth-order valence-electron chi connectivity index (χ4n) is 1.66. The van der Waals surface area contributed by atoms with Crippen LogP contribution in [0.1, 0.15) is 12.0 Å². The molecule has 1 aromatic rings. The first kappa shape index (κ1) is 18.0. The van der Waals surface area contributed by atoms with E-state index in [4.69, 9.17) is 11.2 Å². The highest BCUT2D eigenvalue weighted by atomic mass is 32.2. The molecule has 0 amide bonds. The minimum absolute atomic E-state index is 0.0143. The van der Waals surface area contributed by atoms with Crippen molar-refractivity contribution in [3.8, 4) is 12.3 Å². The number of nitrogens with zero attached hydrogens (tertiary/aromatic N) is 1. The molecule has 1 rings (SSSR count). The summed E-state index contributed by atoms with van der Waals surface area (Å²) in [4.78, 5) is 11.8. The molecular formula is C16H19NO4S. The van der Waals surface area contributed by atoms with Crippen LogP contribution in [0.25, 0.3) is 0 Å². The number of benzene rings is 1. The second kappa shape index (κ2) is 8.37. The van der Waals surface area contributed by atoms with Gasteiger partial charge in [0.05, 0.1) is 4.90 Å². The maximum absolute atomic E-state index is 12.5. The van der Waals surface area contributed by atoms with Crippen molar-refractivity contribution < 1.29 is 17.9 Å². The van der Waals surface area contributed by atoms with Crippen LogP contribution in [0.5, 0.6) is 0 Å². The second-order valence-electron chi connectivity index (χ2n) is 4.57. The third-order valence-electron chi connectivity index (χ3n) is 2.81. The Morgan fingerprint density at radius 3 is 2.59 bits per heavy atom. The Kier molecular flexibility index (Phi) is 6.83. The van der Waals surface area contributed by atoms with E-state index in [9.17, 15) is 13.2 Å². The van der Waals surface area contributed by atoms with Crippen LogP contribution in [0.4, 0.5) is 0 Å². The fraction of sp³-hybridized carbons (Fsp3) is 0.312. The Bertz CT molecular complexity index is 656. The summed E-state index contributed by atoms with van der Waals surface area (Å²) < 4.78 is 31.0. The fourth-order valence-corrected chi connectivity index (χ4v) is 3.02. The van der Waals surface area contributed by atoms with Crippen LogP contribution < -0.4 is 0 Å². The molecule has 0 fully saturated rings. The summed E-state index contributed by atoms with van der Waals surface area (Å²) in [6.45, 7) is 5.09. The molecular weight excluding hydrogens is 302 g/mol. The van der Waals surface area contributed by atoms with Crippen molar-refractivity contribution in [2.45, 2.75) is 18.2 Å². The summed E-state index contributed by atoms with van der Waals surface area (Å²) in [6.07, 6.45) is 6.77. The molecule has 0 saturated carbocycles. The van der Waals surface area contributed by atoms with E-state index in [1.807, 2.05) is 6.92 Å². The predicted octanol–water partition coefficient (Wildman–Crippen LogP) is 1.74. The van der Waals surface area contributed by atoms with Crippen molar-refractivity contribution in [3.05, 3.63) is 42.5 Å². The third-order valence-corrected chi connectivity index (χ3v) is 4.63. The molecule has 118 valence electrons. The third kappa shape index (κ3) is 5.02. The largest absolute Gasteiger partial charge is 0.464 e. The van der Waals surface area contributed by atoms with Crippen molar-refractivity contribution in [1.29, 1.82) is 0 Å². The van der Waals surface area contributed by atoms with E-state index in [0.717, 1.165) is 9.87 Å². The highest BCUT2D eigenvalue weighted by molar-refractivity contribution is 7.89. The van der Waals surface area contributed by atoms with Crippen molar-refractivity contribution >= 4 is 16.0 Å². The van der Waals surface area contributed by atoms with Gasteiger partial charge in [-0.15, -0.1) is 18.9 Å². The lowest BCUT2D eigenvalue weighted by atomic mass is 10.2. The zero-order valence-corrected chi connectivity index (χ0v) is 13.3. The van der Waals surface area contributed by atoms with Crippen LogP contribution in [0.15, 0.2) is 41.8 Å². The van der Waals surface area contributed by atoms with E-state index < -0.39 is 16.0 Å². The van der Waals surface area contributed by atoms with E-state index in [-0.39, 0.29) is 31.0 Å². The average Bonchev–Trinajstić information content (AvgIpc) is 2.47. The van der Waals surface area contributed by atoms with Gasteiger partial charge in [-0.1, -0.05) is 23.8 Å². The predicted molar refractivity (Wildman–Crippen MR) is 84.5 cm³/mol. The summed E-state index contributed by atoms with van der Waals surface area (Å²) in [5.74, 6) is 1.69. The molecule has 0 atom stereocenters. The van der Waals surface area contributed by atoms with Gasteiger partial charge >= 0.3 is 5.97 Å². The lowest BCUT2D eigenvalue weighted by molar-refractivity contribution is -0.143. The molecule has 0 aliphatic carbocycles. The molecule has 0 unspecified atom stereocenters. The Hall–Kier alpha value is -2.10. The smallest absolute Gasteiger partial charge is 0.321 e. The lowest BCUT2D eigenvalue weighted by Crippen LogP contribution is -2.36. The van der Waals surface area contributed by atoms with Crippen LogP contribution in [0.2, 0.25) is 0 Å². The number of carbonyl (C=O) groups is 1. The Morgan fingerprint density at radius 1 is 1.41 bits per heavy atom. The van der Waals surface area contributed by atoms with Gasteiger partial charge in [0.2, 0.25) is 10.0 Å². The van der Waals surface area contributed by atoms with Crippen molar-refractivity contribution in [2.24, 2.45) is 0 Å². The normalized spacial score (nSPS) is 11.0. The summed E-state index contributed by atoms with van der Waals surface area (Å²) in [5.41, 5.74) is 0.947. The van der Waals surface area contributed by atoms with Crippen LogP contribution >= 0.6 is 0 Å². The van der Waals surface area contributed by atoms with Gasteiger partial charge in [0.15, 0.2) is 0 Å². The van der Waals surface area contributed by atoms with Gasteiger partial charge in [0.1, 0.15) is 13.2 Å². The Balaban J connectivity index is 2.89. The molecule has 0 aliphatic heterocycles. The number of hydrogen-bond acceptors (Lipinski definition) is 4. The van der Waals surface area contributed by atoms with Gasteiger partial charge in [0, 0.05) is 13.0 Å². The van der Waals surface area contributed by atoms with Gasteiger partial charge in [-0.05, 0) is 19.1 Å². The van der Waals surface area contributed by atoms with Gasteiger partial charge in [-0.2, -0.15) is 4.31 Å². The number of carbonyl (C=O) groups excluding carboxylic acids is 1. The molecule has 6 heteroatoms. The maximum atomic E-state index is 12.5. The van der Waals surface area contributed by atoms with Crippen LogP contribution in [-0.4, -0.2) is 38.4 Å². The van der Waals surface area contributed by atoms with E-state index in [1.54, 1.807) is 12.1 Å². The number of esters is 1. The Morgan fingerprint density at radius 2 is 2.05 bits per heavy atom. The SMILES string of the molecule is C#CCCOC(=O)CN(CC=C)S(=O)(=O)c1ccc(C)cc1. The van der Waals surface area contributed by atoms with E-state index in [2.05, 4.69) is 12.5 Å². The van der Waals surface area contributed by atoms with Crippen molar-refractivity contribution in [2.75, 3.05) is 19.7 Å². The lowest BCUT2D eigenvalue weighted by Gasteiger charge is -2.19. The maximum Gasteiger partial charge on any atom is 0.321 e. The standard InChI is InChI=1S/C16H19NO4S/c1-4-6-12-21-16(18)13-17(11-5-2)22(19,20)15-9-7-14(3)8-10-15/h1,5,7-10H,2,6,11-13H2,3H3. The number of rotatable bonds is 8. The summed E-state index contributed by atoms with van der Waals surface area (Å²) >= 11 is 0. The zero-order valence-electron chi connectivity index (χ0n) is 12.5. The van der Waals surface area contributed by atoms with E-state index in [1.165, 1.54) is 18.2 Å². The molecule has 0 saturated heterocycles. The first-order valence-corrected chi connectivity index (χ1v) is 8.12. The Labute approximate surface area is 131 Å². The number of terminal acetylenes is 1. The highest BCUT2D eigenvalue weighted by Gasteiger charge is 2.26. The first-order chi connectivity index (χ1) is 10.4. The van der Waals surface area contributed by atoms with Gasteiger partial charge in [-0.25, -0.2) is 8.42 Å². The van der Waals surface area contributed by atoms with E-state index in [0.29, 0.717) is 0 Å². The van der Waals surface area contributed by atoms with Crippen LogP contribution in [0.3, 0.4) is 0 Å². The highest BCUT2D eigenvalue weighted by Crippen LogP contribution is 2.16. The molecule has 1 aromatic carbocycles. The van der Waals surface area contributed by atoms with Gasteiger partial charge in [-0.3, -0.25) is 4.79 Å². The van der Waals surface area contributed by atoms with Crippen molar-refractivity contribution in [1.82, 2.24) is 4.31 Å². The molecule has 0 spiro atoms. The van der Waals surface area contributed by atoms with Crippen LogP contribution in [0, 0.1) is 19.3 Å². The molecule has 0 aliphatic rings. The quantitative estimate of drug-likeness (QED) is 0.317. The summed E-state index contributed by atoms with van der Waals surface area (Å²) in [5, 5.41) is 0. The number of ether oxygens (including phenoxy) is 1. The molecule has 22 heavy (non-hydrogen) atoms. The minimum atomic E-state index is -3.78. The summed E-state index contributed by atoms with van der Waals surface area (Å²) in [6, 6.07) is 6.41. The number of hydrogen-bond donors (Lipinski definition) is 0. The zero-order chi connectivity index (χ0) is 16.6. The second-order valence-corrected chi connectivity index (χ2v) is 6.51. The van der Waals surface area contributed by atoms with Crippen LogP contribution in [-0.2, 0) is 19.6 Å². The molecule has 0 heterocycles. The average molecular weight is 321 g/mol. The van der Waals surface area contributed by atoms with Gasteiger partial charge in [0.25, 0.3) is 0 Å². The minimum Gasteiger partial charge on any atom is -0.464 e. The van der Waals surface area contributed by atoms with E-state index >= 15 is 0 Å². The van der Waals surface area contributed by atoms with Crippen molar-refractivity contribution in [3.63, 3.8) is 0 Å². The molecule has 0 N–H and O–H groups in total.